The first-order chi connectivity index (χ1) is 9.22. The van der Waals surface area contributed by atoms with Gasteiger partial charge in [0.2, 0.25) is 0 Å². The van der Waals surface area contributed by atoms with E-state index in [0.29, 0.717) is 0 Å². The van der Waals surface area contributed by atoms with Gasteiger partial charge in [-0.25, -0.2) is 0 Å². The van der Waals surface area contributed by atoms with Crippen molar-refractivity contribution < 1.29 is 0 Å². The lowest BCUT2D eigenvalue weighted by atomic mass is 10.0. The average molecular weight is 301 g/mol. The number of benzene rings is 1. The Kier molecular flexibility index (Phi) is 9.38. The van der Waals surface area contributed by atoms with Gasteiger partial charge in [-0.1, -0.05) is 75.6 Å². The smallest absolute Gasteiger partial charge is 0.0406 e. The molecule has 0 bridgehead atoms. The summed E-state index contributed by atoms with van der Waals surface area (Å²) in [5.74, 6) is 0. The summed E-state index contributed by atoms with van der Waals surface area (Å²) < 4.78 is 0. The number of hydrogen-bond acceptors (Lipinski definition) is 0. The van der Waals surface area contributed by atoms with Crippen LogP contribution in [-0.2, 0) is 6.42 Å². The molecule has 2 heteroatoms. The lowest BCUT2D eigenvalue weighted by Crippen LogP contribution is -2.03. The first kappa shape index (κ1) is 16.9. The van der Waals surface area contributed by atoms with Gasteiger partial charge in [-0.15, -0.1) is 11.6 Å². The largest absolute Gasteiger partial charge is 0.123 e. The van der Waals surface area contributed by atoms with Crippen molar-refractivity contribution in [3.8, 4) is 0 Å². The van der Waals surface area contributed by atoms with Crippen LogP contribution in [0.15, 0.2) is 24.3 Å². The van der Waals surface area contributed by atoms with Gasteiger partial charge in [0.15, 0.2) is 0 Å². The van der Waals surface area contributed by atoms with Crippen molar-refractivity contribution in [3.05, 3.63) is 34.9 Å². The van der Waals surface area contributed by atoms with Crippen LogP contribution in [-0.4, -0.2) is 5.38 Å². The van der Waals surface area contributed by atoms with Crippen molar-refractivity contribution in [2.75, 3.05) is 0 Å². The predicted molar refractivity (Wildman–Crippen MR) is 87.4 cm³/mol. The van der Waals surface area contributed by atoms with Crippen molar-refractivity contribution in [1.29, 1.82) is 0 Å². The molecule has 1 aromatic rings. The summed E-state index contributed by atoms with van der Waals surface area (Å²) >= 11 is 12.3. The third-order valence-corrected chi connectivity index (χ3v) is 4.12. The van der Waals surface area contributed by atoms with Crippen LogP contribution in [0.2, 0.25) is 5.02 Å². The Labute approximate surface area is 128 Å². The molecule has 0 aliphatic heterocycles. The first-order valence-electron chi connectivity index (χ1n) is 7.61. The normalized spacial score (nSPS) is 12.6. The monoisotopic (exact) mass is 300 g/mol. The van der Waals surface area contributed by atoms with Crippen molar-refractivity contribution >= 4 is 23.2 Å². The van der Waals surface area contributed by atoms with E-state index in [2.05, 4.69) is 19.1 Å². The summed E-state index contributed by atoms with van der Waals surface area (Å²) in [6.45, 7) is 2.26. The highest BCUT2D eigenvalue weighted by molar-refractivity contribution is 6.30. The first-order valence-corrected chi connectivity index (χ1v) is 8.42. The molecule has 0 aliphatic carbocycles. The van der Waals surface area contributed by atoms with Gasteiger partial charge >= 0.3 is 0 Å². The zero-order chi connectivity index (χ0) is 13.9. The van der Waals surface area contributed by atoms with Gasteiger partial charge in [-0.05, 0) is 30.5 Å². The minimum absolute atomic E-state index is 0.261. The molecule has 0 aliphatic rings. The fraction of sp³-hybridized carbons (Fsp3) is 0.647. The molecule has 0 heterocycles. The Morgan fingerprint density at radius 2 is 1.47 bits per heavy atom. The van der Waals surface area contributed by atoms with Crippen LogP contribution in [0.3, 0.4) is 0 Å². The Morgan fingerprint density at radius 1 is 0.895 bits per heavy atom. The SMILES string of the molecule is CCCCCCCCCC(Cl)Cc1ccc(Cl)cc1. The van der Waals surface area contributed by atoms with Crippen LogP contribution < -0.4 is 0 Å². The summed E-state index contributed by atoms with van der Waals surface area (Å²) in [6, 6.07) is 8.02. The van der Waals surface area contributed by atoms with Crippen molar-refractivity contribution in [3.63, 3.8) is 0 Å². The maximum atomic E-state index is 6.38. The fourth-order valence-electron chi connectivity index (χ4n) is 2.30. The van der Waals surface area contributed by atoms with E-state index < -0.39 is 0 Å². The third kappa shape index (κ3) is 8.55. The van der Waals surface area contributed by atoms with Crippen LogP contribution in [0.25, 0.3) is 0 Å². The molecule has 1 unspecified atom stereocenters. The molecular weight excluding hydrogens is 275 g/mol. The van der Waals surface area contributed by atoms with E-state index in [9.17, 15) is 0 Å². The molecule has 0 aromatic heterocycles. The number of unbranched alkanes of at least 4 members (excludes halogenated alkanes) is 6. The summed E-state index contributed by atoms with van der Waals surface area (Å²) in [6.07, 6.45) is 11.5. The van der Waals surface area contributed by atoms with E-state index >= 15 is 0 Å². The quantitative estimate of drug-likeness (QED) is 0.336. The molecule has 0 nitrogen and oxygen atoms in total. The molecule has 0 radical (unpaired) electrons. The number of hydrogen-bond donors (Lipinski definition) is 0. The lowest BCUT2D eigenvalue weighted by molar-refractivity contribution is 0.567. The number of halogens is 2. The molecule has 0 N–H and O–H groups in total. The van der Waals surface area contributed by atoms with E-state index in [1.807, 2.05) is 12.1 Å². The molecule has 0 saturated carbocycles. The van der Waals surface area contributed by atoms with Gasteiger partial charge in [-0.3, -0.25) is 0 Å². The van der Waals surface area contributed by atoms with Crippen LogP contribution in [0, 0.1) is 0 Å². The molecule has 0 fully saturated rings. The van der Waals surface area contributed by atoms with Crippen molar-refractivity contribution in [2.24, 2.45) is 0 Å². The van der Waals surface area contributed by atoms with Gasteiger partial charge in [0.1, 0.15) is 0 Å². The Hall–Kier alpha value is -0.200. The Balaban J connectivity index is 2.04. The summed E-state index contributed by atoms with van der Waals surface area (Å²) in [4.78, 5) is 0. The van der Waals surface area contributed by atoms with Crippen LogP contribution >= 0.6 is 23.2 Å². The molecule has 1 atom stereocenters. The topological polar surface area (TPSA) is 0 Å². The summed E-state index contributed by atoms with van der Waals surface area (Å²) in [5, 5.41) is 1.05. The Morgan fingerprint density at radius 3 is 2.11 bits per heavy atom. The maximum Gasteiger partial charge on any atom is 0.0406 e. The van der Waals surface area contributed by atoms with Gasteiger partial charge in [0.25, 0.3) is 0 Å². The molecule has 0 saturated heterocycles. The van der Waals surface area contributed by atoms with E-state index in [0.717, 1.165) is 17.9 Å². The molecule has 0 spiro atoms. The van der Waals surface area contributed by atoms with E-state index in [4.69, 9.17) is 23.2 Å². The van der Waals surface area contributed by atoms with Gasteiger partial charge < -0.3 is 0 Å². The average Bonchev–Trinajstić information content (AvgIpc) is 2.40. The summed E-state index contributed by atoms with van der Waals surface area (Å²) in [5.41, 5.74) is 1.28. The Bertz CT molecular complexity index is 319. The van der Waals surface area contributed by atoms with E-state index in [-0.39, 0.29) is 5.38 Å². The molecule has 0 amide bonds. The molecular formula is C17H26Cl2. The van der Waals surface area contributed by atoms with E-state index in [1.54, 1.807) is 0 Å². The standard InChI is InChI=1S/C17H26Cl2/c1-2-3-4-5-6-7-8-9-17(19)14-15-10-12-16(18)13-11-15/h10-13,17H,2-9,14H2,1H3. The third-order valence-electron chi connectivity index (χ3n) is 3.49. The van der Waals surface area contributed by atoms with Gasteiger partial charge in [-0.2, -0.15) is 0 Å². The lowest BCUT2D eigenvalue weighted by Gasteiger charge is -2.09. The highest BCUT2D eigenvalue weighted by atomic mass is 35.5. The number of rotatable bonds is 10. The highest BCUT2D eigenvalue weighted by Gasteiger charge is 2.05. The van der Waals surface area contributed by atoms with E-state index in [1.165, 1.54) is 50.5 Å². The minimum atomic E-state index is 0.261. The minimum Gasteiger partial charge on any atom is -0.123 e. The van der Waals surface area contributed by atoms with Gasteiger partial charge in [0, 0.05) is 10.4 Å². The van der Waals surface area contributed by atoms with Crippen LogP contribution in [0.4, 0.5) is 0 Å². The van der Waals surface area contributed by atoms with Crippen molar-refractivity contribution in [2.45, 2.75) is 70.1 Å². The highest BCUT2D eigenvalue weighted by Crippen LogP contribution is 2.17. The van der Waals surface area contributed by atoms with Crippen LogP contribution in [0.1, 0.15) is 63.9 Å². The molecule has 1 aromatic carbocycles. The van der Waals surface area contributed by atoms with Gasteiger partial charge in [0.05, 0.1) is 0 Å². The maximum absolute atomic E-state index is 6.38. The molecule has 1 rings (SSSR count). The predicted octanol–water partition coefficient (Wildman–Crippen LogP) is 6.63. The van der Waals surface area contributed by atoms with Crippen LogP contribution in [0.5, 0.6) is 0 Å². The second kappa shape index (κ2) is 10.6. The fourth-order valence-corrected chi connectivity index (χ4v) is 2.76. The number of alkyl halides is 1. The second-order valence-electron chi connectivity index (χ2n) is 5.34. The van der Waals surface area contributed by atoms with Crippen molar-refractivity contribution in [1.82, 2.24) is 0 Å². The zero-order valence-corrected chi connectivity index (χ0v) is 13.5. The zero-order valence-electron chi connectivity index (χ0n) is 12.0. The molecule has 19 heavy (non-hydrogen) atoms. The second-order valence-corrected chi connectivity index (χ2v) is 6.39. The molecule has 108 valence electrons. The summed E-state index contributed by atoms with van der Waals surface area (Å²) in [7, 11) is 0.